The second-order valence-corrected chi connectivity index (χ2v) is 5.66. The van der Waals surface area contributed by atoms with Crippen LogP contribution in [0, 0.1) is 0 Å². The van der Waals surface area contributed by atoms with E-state index >= 15 is 0 Å². The van der Waals surface area contributed by atoms with Gasteiger partial charge < -0.3 is 14.6 Å². The summed E-state index contributed by atoms with van der Waals surface area (Å²) in [4.78, 5) is 23.5. The van der Waals surface area contributed by atoms with Crippen LogP contribution < -0.4 is 5.09 Å². The third kappa shape index (κ3) is 3.83. The Morgan fingerprint density at radius 1 is 1.05 bits per heavy atom. The molecule has 0 fully saturated rings. The summed E-state index contributed by atoms with van der Waals surface area (Å²) in [6, 6.07) is 8.30. The van der Waals surface area contributed by atoms with Gasteiger partial charge in [-0.15, -0.1) is 0 Å². The second kappa shape index (κ2) is 6.95. The lowest BCUT2D eigenvalue weighted by molar-refractivity contribution is 0.170. The molecule has 0 atom stereocenters. The SMILES string of the molecule is CCOC(=O)P(=O)(Nc1ccccc1)C(=O)OCC. The minimum Gasteiger partial charge on any atom is -0.459 e. The zero-order valence-corrected chi connectivity index (χ0v) is 11.7. The molecule has 104 valence electrons. The maximum absolute atomic E-state index is 12.5. The number of ether oxygens (including phenoxy) is 2. The predicted octanol–water partition coefficient (Wildman–Crippen LogP) is 3.69. The van der Waals surface area contributed by atoms with Gasteiger partial charge in [-0.05, 0) is 26.0 Å². The third-order valence-electron chi connectivity index (χ3n) is 2.11. The normalized spacial score (nSPS) is 10.6. The number of anilines is 1. The van der Waals surface area contributed by atoms with Crippen molar-refractivity contribution in [2.24, 2.45) is 0 Å². The highest BCUT2D eigenvalue weighted by atomic mass is 31.2. The Labute approximate surface area is 111 Å². The number of carbonyl (C=O) groups is 2. The molecule has 6 nitrogen and oxygen atoms in total. The van der Waals surface area contributed by atoms with Crippen LogP contribution in [0.4, 0.5) is 15.3 Å². The number of hydrogen-bond acceptors (Lipinski definition) is 5. The van der Waals surface area contributed by atoms with Gasteiger partial charge in [-0.3, -0.25) is 4.57 Å². The lowest BCUT2D eigenvalue weighted by Gasteiger charge is -2.16. The molecule has 0 unspecified atom stereocenters. The molecule has 0 aliphatic heterocycles. The van der Waals surface area contributed by atoms with Crippen molar-refractivity contribution in [1.82, 2.24) is 0 Å². The number of para-hydroxylation sites is 1. The van der Waals surface area contributed by atoms with Crippen LogP contribution in [-0.4, -0.2) is 24.6 Å². The Hall–Kier alpha value is -1.81. The maximum Gasteiger partial charge on any atom is 0.396 e. The van der Waals surface area contributed by atoms with E-state index in [2.05, 4.69) is 14.6 Å². The van der Waals surface area contributed by atoms with E-state index in [1.165, 1.54) is 0 Å². The van der Waals surface area contributed by atoms with Crippen molar-refractivity contribution in [3.8, 4) is 0 Å². The Kier molecular flexibility index (Phi) is 5.57. The topological polar surface area (TPSA) is 81.7 Å². The minimum atomic E-state index is -4.13. The summed E-state index contributed by atoms with van der Waals surface area (Å²) in [5.74, 6) is 0. The zero-order chi connectivity index (χ0) is 14.3. The van der Waals surface area contributed by atoms with Crippen molar-refractivity contribution in [3.63, 3.8) is 0 Å². The molecular formula is C12H16NO5P. The summed E-state index contributed by atoms with van der Waals surface area (Å²) < 4.78 is 21.9. The van der Waals surface area contributed by atoms with Crippen LogP contribution in [0.15, 0.2) is 30.3 Å². The molecule has 1 aromatic carbocycles. The van der Waals surface area contributed by atoms with Gasteiger partial charge in [0, 0.05) is 5.69 Å². The molecule has 0 saturated carbocycles. The van der Waals surface area contributed by atoms with Gasteiger partial charge >= 0.3 is 18.7 Å². The molecule has 1 rings (SSSR count). The first-order valence-electron chi connectivity index (χ1n) is 5.82. The predicted molar refractivity (Wildman–Crippen MR) is 71.7 cm³/mol. The van der Waals surface area contributed by atoms with Gasteiger partial charge in [0.15, 0.2) is 0 Å². The Bertz CT molecular complexity index is 466. The summed E-state index contributed by atoms with van der Waals surface area (Å²) >= 11 is 0. The lowest BCUT2D eigenvalue weighted by Crippen LogP contribution is -2.18. The van der Waals surface area contributed by atoms with Crippen LogP contribution in [0.1, 0.15) is 13.8 Å². The highest BCUT2D eigenvalue weighted by Crippen LogP contribution is 2.49. The summed E-state index contributed by atoms with van der Waals surface area (Å²) in [6.45, 7) is 3.18. The first kappa shape index (κ1) is 15.2. The molecule has 0 heterocycles. The van der Waals surface area contributed by atoms with Crippen molar-refractivity contribution < 1.29 is 23.6 Å². The molecule has 0 aliphatic rings. The molecule has 1 aromatic rings. The summed E-state index contributed by atoms with van der Waals surface area (Å²) in [7, 11) is -4.13. The summed E-state index contributed by atoms with van der Waals surface area (Å²) in [5.41, 5.74) is -1.82. The van der Waals surface area contributed by atoms with Crippen molar-refractivity contribution in [2.75, 3.05) is 18.3 Å². The van der Waals surface area contributed by atoms with E-state index in [4.69, 9.17) is 0 Å². The van der Waals surface area contributed by atoms with Gasteiger partial charge in [-0.1, -0.05) is 18.2 Å². The molecule has 0 aromatic heterocycles. The number of carbonyl (C=O) groups excluding carboxylic acids is 2. The maximum atomic E-state index is 12.5. The quantitative estimate of drug-likeness (QED) is 0.803. The van der Waals surface area contributed by atoms with Crippen LogP contribution in [-0.2, 0) is 14.0 Å². The number of nitrogens with one attached hydrogen (secondary N) is 1. The molecule has 7 heteroatoms. The molecule has 0 aliphatic carbocycles. The van der Waals surface area contributed by atoms with Crippen molar-refractivity contribution in [2.45, 2.75) is 13.8 Å². The number of rotatable bonds is 6. The fourth-order valence-corrected chi connectivity index (χ4v) is 2.76. The fraction of sp³-hybridized carbons (Fsp3) is 0.333. The van der Waals surface area contributed by atoms with Crippen molar-refractivity contribution >= 4 is 24.4 Å². The van der Waals surface area contributed by atoms with E-state index in [1.807, 2.05) is 0 Å². The van der Waals surface area contributed by atoms with Crippen LogP contribution in [0.5, 0.6) is 0 Å². The van der Waals surface area contributed by atoms with Crippen molar-refractivity contribution in [3.05, 3.63) is 30.3 Å². The largest absolute Gasteiger partial charge is 0.459 e. The van der Waals surface area contributed by atoms with E-state index in [9.17, 15) is 14.2 Å². The van der Waals surface area contributed by atoms with Gasteiger partial charge in [0.1, 0.15) is 0 Å². The summed E-state index contributed by atoms with van der Waals surface area (Å²) in [6.07, 6.45) is 0. The first-order valence-corrected chi connectivity index (χ1v) is 7.53. The monoisotopic (exact) mass is 285 g/mol. The van der Waals surface area contributed by atoms with Gasteiger partial charge in [0.25, 0.3) is 0 Å². The first-order chi connectivity index (χ1) is 9.04. The van der Waals surface area contributed by atoms with Crippen LogP contribution >= 0.6 is 7.29 Å². The third-order valence-corrected chi connectivity index (χ3v) is 3.97. The van der Waals surface area contributed by atoms with Gasteiger partial charge in [-0.2, -0.15) is 0 Å². The highest BCUT2D eigenvalue weighted by molar-refractivity contribution is 7.94. The van der Waals surface area contributed by atoms with Crippen LogP contribution in [0.2, 0.25) is 0 Å². The Balaban J connectivity index is 3.02. The summed E-state index contributed by atoms with van der Waals surface area (Å²) in [5, 5.41) is 2.43. The molecule has 0 radical (unpaired) electrons. The van der Waals surface area contributed by atoms with E-state index in [0.717, 1.165) is 0 Å². The van der Waals surface area contributed by atoms with E-state index in [0.29, 0.717) is 5.69 Å². The minimum absolute atomic E-state index is 0.0265. The Morgan fingerprint density at radius 3 is 1.95 bits per heavy atom. The van der Waals surface area contributed by atoms with Crippen LogP contribution in [0.3, 0.4) is 0 Å². The Morgan fingerprint density at radius 2 is 1.53 bits per heavy atom. The van der Waals surface area contributed by atoms with Crippen molar-refractivity contribution in [1.29, 1.82) is 0 Å². The molecule has 19 heavy (non-hydrogen) atoms. The average molecular weight is 285 g/mol. The molecule has 1 N–H and O–H groups in total. The zero-order valence-electron chi connectivity index (χ0n) is 10.8. The van der Waals surface area contributed by atoms with Crippen LogP contribution in [0.25, 0.3) is 0 Å². The number of hydrogen-bond donors (Lipinski definition) is 1. The fourth-order valence-electron chi connectivity index (χ4n) is 1.29. The van der Waals surface area contributed by atoms with Gasteiger partial charge in [0.05, 0.1) is 13.2 Å². The molecule has 0 bridgehead atoms. The molecule has 0 spiro atoms. The highest BCUT2D eigenvalue weighted by Gasteiger charge is 2.43. The lowest BCUT2D eigenvalue weighted by atomic mass is 10.3. The molecule has 0 amide bonds. The molecule has 0 saturated heterocycles. The molecular weight excluding hydrogens is 269 g/mol. The van der Waals surface area contributed by atoms with E-state index in [1.54, 1.807) is 44.2 Å². The number of benzene rings is 1. The van der Waals surface area contributed by atoms with E-state index in [-0.39, 0.29) is 13.2 Å². The van der Waals surface area contributed by atoms with Gasteiger partial charge in [0.2, 0.25) is 0 Å². The second-order valence-electron chi connectivity index (χ2n) is 3.48. The smallest absolute Gasteiger partial charge is 0.396 e. The van der Waals surface area contributed by atoms with Gasteiger partial charge in [-0.25, -0.2) is 9.59 Å². The van der Waals surface area contributed by atoms with E-state index < -0.39 is 18.7 Å². The average Bonchev–Trinajstić information content (AvgIpc) is 2.40. The standard InChI is InChI=1S/C12H16NO5P/c1-3-17-11(14)19(16,12(15)18-4-2)13-10-8-6-5-7-9-10/h5-9H,3-4H2,1-2H3,(H,13,16).